The molecular formula is C12H9N3O2S. The van der Waals surface area contributed by atoms with Crippen LogP contribution in [0.15, 0.2) is 40.6 Å². The Balaban J connectivity index is 1.97. The molecule has 90 valence electrons. The van der Waals surface area contributed by atoms with E-state index in [1.54, 1.807) is 25.5 Å². The minimum absolute atomic E-state index is 0.443. The maximum Gasteiger partial charge on any atom is 0.299 e. The Labute approximate surface area is 107 Å². The third-order valence-corrected chi connectivity index (χ3v) is 3.67. The van der Waals surface area contributed by atoms with Gasteiger partial charge in [-0.1, -0.05) is 11.8 Å². The molecule has 0 saturated heterocycles. The molecule has 1 aliphatic heterocycles. The van der Waals surface area contributed by atoms with Crippen LogP contribution in [0.3, 0.4) is 0 Å². The summed E-state index contributed by atoms with van der Waals surface area (Å²) in [4.78, 5) is 32.6. The summed E-state index contributed by atoms with van der Waals surface area (Å²) < 4.78 is 0. The highest BCUT2D eigenvalue weighted by Crippen LogP contribution is 2.33. The van der Waals surface area contributed by atoms with Crippen LogP contribution in [0.5, 0.6) is 0 Å². The zero-order valence-corrected chi connectivity index (χ0v) is 10.3. The summed E-state index contributed by atoms with van der Waals surface area (Å²) in [7, 11) is 1.60. The first kappa shape index (κ1) is 11.0. The van der Waals surface area contributed by atoms with Gasteiger partial charge in [0.1, 0.15) is 0 Å². The van der Waals surface area contributed by atoms with Crippen molar-refractivity contribution in [2.45, 2.75) is 10.1 Å². The van der Waals surface area contributed by atoms with Gasteiger partial charge in [-0.25, -0.2) is 4.98 Å². The summed E-state index contributed by atoms with van der Waals surface area (Å²) in [6, 6.07) is 5.33. The number of amides is 1. The second kappa shape index (κ2) is 3.99. The largest absolute Gasteiger partial charge is 0.339 e. The van der Waals surface area contributed by atoms with Crippen LogP contribution in [0.2, 0.25) is 0 Å². The highest BCUT2D eigenvalue weighted by Gasteiger charge is 2.33. The smallest absolute Gasteiger partial charge is 0.299 e. The number of rotatable bonds is 2. The Bertz CT molecular complexity index is 637. The number of hydrogen-bond donors (Lipinski definition) is 1. The van der Waals surface area contributed by atoms with Crippen LogP contribution >= 0.6 is 11.8 Å². The highest BCUT2D eigenvalue weighted by molar-refractivity contribution is 7.99. The highest BCUT2D eigenvalue weighted by atomic mass is 32.2. The van der Waals surface area contributed by atoms with Gasteiger partial charge in [-0.15, -0.1) is 0 Å². The number of nitrogens with zero attached hydrogens (tertiary/aromatic N) is 2. The molecule has 2 aromatic rings. The van der Waals surface area contributed by atoms with Gasteiger partial charge in [-0.3, -0.25) is 9.59 Å². The fraction of sp³-hybridized carbons (Fsp3) is 0.0833. The number of carbonyl (C=O) groups is 2. The van der Waals surface area contributed by atoms with Gasteiger partial charge in [-0.2, -0.15) is 0 Å². The average Bonchev–Trinajstić information content (AvgIpc) is 2.95. The van der Waals surface area contributed by atoms with Crippen LogP contribution in [0.4, 0.5) is 5.69 Å². The quantitative estimate of drug-likeness (QED) is 0.834. The number of Topliss-reactive ketones (excluding diaryl/α,β-unsaturated/α-hetero) is 1. The number of benzene rings is 1. The molecule has 1 aliphatic rings. The maximum atomic E-state index is 11.6. The zero-order chi connectivity index (χ0) is 12.7. The maximum absolute atomic E-state index is 11.6. The summed E-state index contributed by atoms with van der Waals surface area (Å²) >= 11 is 1.45. The second-order valence-corrected chi connectivity index (χ2v) is 4.93. The molecule has 0 saturated carbocycles. The molecule has 3 rings (SSSR count). The van der Waals surface area contributed by atoms with Gasteiger partial charge in [0, 0.05) is 24.3 Å². The van der Waals surface area contributed by atoms with Gasteiger partial charge in [-0.05, 0) is 18.2 Å². The Kier molecular flexibility index (Phi) is 2.45. The molecule has 1 amide bonds. The van der Waals surface area contributed by atoms with Crippen LogP contribution < -0.4 is 4.90 Å². The first-order valence-electron chi connectivity index (χ1n) is 5.30. The van der Waals surface area contributed by atoms with Crippen LogP contribution in [0.25, 0.3) is 0 Å². The van der Waals surface area contributed by atoms with Crippen LogP contribution in [0.1, 0.15) is 10.4 Å². The van der Waals surface area contributed by atoms with E-state index in [2.05, 4.69) is 9.97 Å². The molecule has 1 N–H and O–H groups in total. The third kappa shape index (κ3) is 1.62. The summed E-state index contributed by atoms with van der Waals surface area (Å²) in [5.74, 6) is -0.924. The number of likely N-dealkylation sites (N-methyl/N-ethyl adjacent to an activating group) is 1. The van der Waals surface area contributed by atoms with E-state index in [4.69, 9.17) is 0 Å². The van der Waals surface area contributed by atoms with Crippen molar-refractivity contribution >= 4 is 29.1 Å². The molecule has 6 heteroatoms. The fourth-order valence-electron chi connectivity index (χ4n) is 1.84. The van der Waals surface area contributed by atoms with Crippen LogP contribution in [-0.4, -0.2) is 28.7 Å². The van der Waals surface area contributed by atoms with Gasteiger partial charge in [0.05, 0.1) is 11.3 Å². The Morgan fingerprint density at radius 2 is 2.17 bits per heavy atom. The molecule has 2 heterocycles. The molecule has 0 spiro atoms. The first-order chi connectivity index (χ1) is 8.66. The van der Waals surface area contributed by atoms with Crippen molar-refractivity contribution in [1.29, 1.82) is 0 Å². The van der Waals surface area contributed by atoms with Crippen molar-refractivity contribution in [2.75, 3.05) is 11.9 Å². The Morgan fingerprint density at radius 3 is 2.89 bits per heavy atom. The monoisotopic (exact) mass is 259 g/mol. The van der Waals surface area contributed by atoms with Gasteiger partial charge in [0.15, 0.2) is 5.16 Å². The predicted octanol–water partition coefficient (Wildman–Crippen LogP) is 1.72. The molecule has 1 aromatic heterocycles. The lowest BCUT2D eigenvalue weighted by molar-refractivity contribution is -0.114. The van der Waals surface area contributed by atoms with Crippen molar-refractivity contribution in [3.63, 3.8) is 0 Å². The first-order valence-corrected chi connectivity index (χ1v) is 6.12. The molecule has 0 bridgehead atoms. The molecule has 1 aromatic carbocycles. The van der Waals surface area contributed by atoms with Gasteiger partial charge in [0.2, 0.25) is 0 Å². The van der Waals surface area contributed by atoms with E-state index in [9.17, 15) is 9.59 Å². The lowest BCUT2D eigenvalue weighted by Crippen LogP contribution is -2.24. The Morgan fingerprint density at radius 1 is 1.33 bits per heavy atom. The summed E-state index contributed by atoms with van der Waals surface area (Å²) in [6.07, 6.45) is 3.42. The number of nitrogens with one attached hydrogen (secondary N) is 1. The second-order valence-electron chi connectivity index (χ2n) is 3.87. The number of ketones is 1. The minimum atomic E-state index is -0.481. The van der Waals surface area contributed by atoms with Gasteiger partial charge in [0.25, 0.3) is 11.7 Å². The number of imidazole rings is 1. The Hall–Kier alpha value is -2.08. The topological polar surface area (TPSA) is 66.1 Å². The molecule has 0 radical (unpaired) electrons. The summed E-state index contributed by atoms with van der Waals surface area (Å²) in [5.41, 5.74) is 1.12. The number of H-pyrrole nitrogens is 1. The van der Waals surface area contributed by atoms with Crippen molar-refractivity contribution in [2.24, 2.45) is 0 Å². The van der Waals surface area contributed by atoms with E-state index in [-0.39, 0.29) is 0 Å². The molecule has 0 unspecified atom stereocenters. The van der Waals surface area contributed by atoms with E-state index in [1.807, 2.05) is 12.1 Å². The predicted molar refractivity (Wildman–Crippen MR) is 66.9 cm³/mol. The van der Waals surface area contributed by atoms with E-state index < -0.39 is 11.7 Å². The van der Waals surface area contributed by atoms with Crippen molar-refractivity contribution in [3.05, 3.63) is 36.2 Å². The number of aromatic amines is 1. The third-order valence-electron chi connectivity index (χ3n) is 2.76. The van der Waals surface area contributed by atoms with Crippen molar-refractivity contribution < 1.29 is 9.59 Å². The lowest BCUT2D eigenvalue weighted by Gasteiger charge is -2.09. The fourth-order valence-corrected chi connectivity index (χ4v) is 2.61. The normalized spacial score (nSPS) is 14.2. The zero-order valence-electron chi connectivity index (χ0n) is 9.51. The minimum Gasteiger partial charge on any atom is -0.339 e. The van der Waals surface area contributed by atoms with Gasteiger partial charge < -0.3 is 9.88 Å². The summed E-state index contributed by atoms with van der Waals surface area (Å²) in [6.45, 7) is 0. The van der Waals surface area contributed by atoms with E-state index in [0.29, 0.717) is 11.3 Å². The SMILES string of the molecule is CN1C(=O)C(=O)c2ccc(Sc3ncc[nH]3)cc21. The molecule has 18 heavy (non-hydrogen) atoms. The van der Waals surface area contributed by atoms with Crippen molar-refractivity contribution in [3.8, 4) is 0 Å². The number of hydrogen-bond acceptors (Lipinski definition) is 4. The van der Waals surface area contributed by atoms with E-state index in [0.717, 1.165) is 10.1 Å². The molecule has 5 nitrogen and oxygen atoms in total. The van der Waals surface area contributed by atoms with E-state index >= 15 is 0 Å². The van der Waals surface area contributed by atoms with E-state index in [1.165, 1.54) is 16.7 Å². The molecular weight excluding hydrogens is 250 g/mol. The molecule has 0 aliphatic carbocycles. The number of carbonyl (C=O) groups excluding carboxylic acids is 2. The number of anilines is 1. The van der Waals surface area contributed by atoms with Crippen LogP contribution in [0, 0.1) is 0 Å². The lowest BCUT2D eigenvalue weighted by atomic mass is 10.1. The van der Waals surface area contributed by atoms with Crippen LogP contribution in [-0.2, 0) is 4.79 Å². The average molecular weight is 259 g/mol. The van der Waals surface area contributed by atoms with Crippen molar-refractivity contribution in [1.82, 2.24) is 9.97 Å². The van der Waals surface area contributed by atoms with Gasteiger partial charge >= 0.3 is 0 Å². The standard InChI is InChI=1S/C12H9N3O2S/c1-15-9-6-7(18-12-13-4-5-14-12)2-3-8(9)10(16)11(15)17/h2-6H,1H3,(H,13,14). The molecule has 0 atom stereocenters. The summed E-state index contributed by atoms with van der Waals surface area (Å²) in [5, 5.41) is 0.772. The number of aromatic nitrogens is 2. The number of fused-ring (bicyclic) bond motifs is 1. The molecule has 0 fully saturated rings.